The van der Waals surface area contributed by atoms with Crippen LogP contribution in [0.1, 0.15) is 43.2 Å². The van der Waals surface area contributed by atoms with Gasteiger partial charge in [-0.1, -0.05) is 30.0 Å². The Balaban J connectivity index is 1.46. The zero-order valence-electron chi connectivity index (χ0n) is 17.9. The average molecular weight is 472 g/mol. The van der Waals surface area contributed by atoms with Crippen molar-refractivity contribution >= 4 is 28.6 Å². The number of hydrogen-bond donors (Lipinski definition) is 0. The number of likely N-dealkylation sites (tertiary alicyclic amines) is 1. The fourth-order valence-electron chi connectivity index (χ4n) is 4.57. The van der Waals surface area contributed by atoms with Gasteiger partial charge in [0, 0.05) is 43.5 Å². The van der Waals surface area contributed by atoms with Gasteiger partial charge in [0.1, 0.15) is 27.3 Å². The second kappa shape index (κ2) is 8.78. The van der Waals surface area contributed by atoms with Crippen LogP contribution in [0.4, 0.5) is 8.78 Å². The second-order valence-corrected chi connectivity index (χ2v) is 9.57. The standard InChI is InChI=1S/C24H23F2N3O3S/c25-16-9-10-19(26)17(15-16)23-27-29(22(31)8-4-13-28-12-3-7-21(28)30)24(33-23)11-14-32-20-6-2-1-5-18(20)24/h1-2,5-6,9-10,15H,3-4,7-8,11-14H2. The van der Waals surface area contributed by atoms with Crippen molar-refractivity contribution in [3.8, 4) is 5.75 Å². The van der Waals surface area contributed by atoms with Crippen LogP contribution in [0.5, 0.6) is 5.75 Å². The van der Waals surface area contributed by atoms with Crippen LogP contribution in [0, 0.1) is 11.6 Å². The Hall–Kier alpha value is -2.94. The molecule has 1 spiro atoms. The maximum Gasteiger partial charge on any atom is 0.244 e. The average Bonchev–Trinajstić information content (AvgIpc) is 3.40. The van der Waals surface area contributed by atoms with E-state index in [1.165, 1.54) is 16.8 Å². The van der Waals surface area contributed by atoms with Gasteiger partial charge in [0.15, 0.2) is 0 Å². The molecule has 6 nitrogen and oxygen atoms in total. The minimum atomic E-state index is -0.899. The predicted molar refractivity (Wildman–Crippen MR) is 121 cm³/mol. The van der Waals surface area contributed by atoms with Gasteiger partial charge >= 0.3 is 0 Å². The third-order valence-electron chi connectivity index (χ3n) is 6.19. The van der Waals surface area contributed by atoms with Crippen molar-refractivity contribution in [3.63, 3.8) is 0 Å². The fourth-order valence-corrected chi connectivity index (χ4v) is 5.97. The SMILES string of the molecule is O=C1CCCN1CCCC(=O)N1N=C(c2cc(F)ccc2F)SC12CCOc1ccccc12. The van der Waals surface area contributed by atoms with Crippen molar-refractivity contribution in [2.45, 2.75) is 37.0 Å². The maximum atomic E-state index is 14.6. The van der Waals surface area contributed by atoms with Gasteiger partial charge in [-0.2, -0.15) is 5.10 Å². The first-order valence-corrected chi connectivity index (χ1v) is 11.9. The van der Waals surface area contributed by atoms with Crippen LogP contribution in [0.25, 0.3) is 0 Å². The summed E-state index contributed by atoms with van der Waals surface area (Å²) >= 11 is 1.25. The van der Waals surface area contributed by atoms with Crippen LogP contribution >= 0.6 is 11.8 Å². The molecule has 172 valence electrons. The van der Waals surface area contributed by atoms with Crippen molar-refractivity contribution < 1.29 is 23.1 Å². The van der Waals surface area contributed by atoms with Crippen LogP contribution in [0.15, 0.2) is 47.6 Å². The Labute approximate surface area is 194 Å². The summed E-state index contributed by atoms with van der Waals surface area (Å²) in [5.74, 6) is -0.627. The van der Waals surface area contributed by atoms with Crippen LogP contribution in [0.3, 0.4) is 0 Å². The summed E-state index contributed by atoms with van der Waals surface area (Å²) in [6.07, 6.45) is 2.57. The Morgan fingerprint density at radius 2 is 2.06 bits per heavy atom. The lowest BCUT2D eigenvalue weighted by Crippen LogP contribution is -2.44. The molecule has 2 amide bonds. The van der Waals surface area contributed by atoms with E-state index in [4.69, 9.17) is 4.74 Å². The molecule has 0 aromatic heterocycles. The van der Waals surface area contributed by atoms with Crippen LogP contribution in [-0.2, 0) is 14.5 Å². The van der Waals surface area contributed by atoms with Crippen LogP contribution in [0.2, 0.25) is 0 Å². The molecule has 0 bridgehead atoms. The molecule has 1 fully saturated rings. The number of carbonyl (C=O) groups excluding carboxylic acids is 2. The number of amides is 2. The quantitative estimate of drug-likeness (QED) is 0.655. The zero-order valence-corrected chi connectivity index (χ0v) is 18.7. The summed E-state index contributed by atoms with van der Waals surface area (Å²) in [6, 6.07) is 10.7. The molecule has 0 saturated carbocycles. The van der Waals surface area contributed by atoms with Gasteiger partial charge in [0.25, 0.3) is 0 Å². The fraction of sp³-hybridized carbons (Fsp3) is 0.375. The van der Waals surface area contributed by atoms with Crippen molar-refractivity contribution in [3.05, 3.63) is 65.2 Å². The summed E-state index contributed by atoms with van der Waals surface area (Å²) < 4.78 is 34.3. The van der Waals surface area contributed by atoms with Crippen molar-refractivity contribution in [1.82, 2.24) is 9.91 Å². The van der Waals surface area contributed by atoms with Gasteiger partial charge in [-0.25, -0.2) is 13.8 Å². The Kier molecular flexibility index (Phi) is 5.82. The van der Waals surface area contributed by atoms with E-state index in [9.17, 15) is 18.4 Å². The lowest BCUT2D eigenvalue weighted by atomic mass is 9.98. The van der Waals surface area contributed by atoms with Gasteiger partial charge in [-0.3, -0.25) is 9.59 Å². The highest BCUT2D eigenvalue weighted by Gasteiger charge is 2.51. The van der Waals surface area contributed by atoms with Gasteiger partial charge < -0.3 is 9.64 Å². The summed E-state index contributed by atoms with van der Waals surface area (Å²) in [7, 11) is 0. The molecule has 33 heavy (non-hydrogen) atoms. The molecule has 2 aromatic carbocycles. The number of carbonyl (C=O) groups is 2. The normalized spacial score (nSPS) is 21.9. The maximum absolute atomic E-state index is 14.6. The molecule has 0 radical (unpaired) electrons. The molecular formula is C24H23F2N3O3S. The van der Waals surface area contributed by atoms with Crippen LogP contribution < -0.4 is 4.74 Å². The van der Waals surface area contributed by atoms with Gasteiger partial charge in [0.05, 0.1) is 6.61 Å². The smallest absolute Gasteiger partial charge is 0.244 e. The second-order valence-electron chi connectivity index (χ2n) is 8.30. The first-order valence-electron chi connectivity index (χ1n) is 11.0. The molecule has 3 aliphatic rings. The molecule has 0 aliphatic carbocycles. The van der Waals surface area contributed by atoms with Crippen molar-refractivity contribution in [2.24, 2.45) is 5.10 Å². The molecule has 2 aromatic rings. The summed E-state index contributed by atoms with van der Waals surface area (Å²) in [4.78, 5) is 26.2. The van der Waals surface area contributed by atoms with Gasteiger partial charge in [0.2, 0.25) is 11.8 Å². The number of ether oxygens (including phenoxy) is 1. The third-order valence-corrected chi connectivity index (χ3v) is 7.62. The molecular weight excluding hydrogens is 448 g/mol. The summed E-state index contributed by atoms with van der Waals surface area (Å²) in [5.41, 5.74) is 0.807. The number of thioether (sulfide) groups is 1. The lowest BCUT2D eigenvalue weighted by molar-refractivity contribution is -0.136. The van der Waals surface area contributed by atoms with E-state index >= 15 is 0 Å². The first-order chi connectivity index (χ1) is 16.0. The minimum Gasteiger partial charge on any atom is -0.493 e. The Morgan fingerprint density at radius 3 is 2.88 bits per heavy atom. The highest BCUT2D eigenvalue weighted by Crippen LogP contribution is 2.54. The number of hydrazone groups is 1. The molecule has 1 atom stereocenters. The lowest BCUT2D eigenvalue weighted by Gasteiger charge is -2.39. The topological polar surface area (TPSA) is 62.2 Å². The number of benzene rings is 2. The molecule has 0 N–H and O–H groups in total. The van der Waals surface area contributed by atoms with Gasteiger partial charge in [-0.15, -0.1) is 0 Å². The zero-order chi connectivity index (χ0) is 23.0. The number of halogens is 2. The van der Waals surface area contributed by atoms with E-state index in [1.54, 1.807) is 4.90 Å². The number of hydrogen-bond acceptors (Lipinski definition) is 5. The number of rotatable bonds is 5. The largest absolute Gasteiger partial charge is 0.493 e. The van der Waals surface area contributed by atoms with E-state index in [0.29, 0.717) is 38.2 Å². The van der Waals surface area contributed by atoms with E-state index in [1.807, 2.05) is 24.3 Å². The number of para-hydroxylation sites is 1. The number of nitrogens with zero attached hydrogens (tertiary/aromatic N) is 3. The van der Waals surface area contributed by atoms with E-state index < -0.39 is 16.5 Å². The van der Waals surface area contributed by atoms with E-state index in [2.05, 4.69) is 5.10 Å². The highest BCUT2D eigenvalue weighted by molar-refractivity contribution is 8.15. The highest BCUT2D eigenvalue weighted by atomic mass is 32.2. The Bertz CT molecular complexity index is 1140. The van der Waals surface area contributed by atoms with Crippen molar-refractivity contribution in [2.75, 3.05) is 19.7 Å². The summed E-state index contributed by atoms with van der Waals surface area (Å²) in [5, 5.41) is 6.20. The molecule has 1 saturated heterocycles. The van der Waals surface area contributed by atoms with Crippen LogP contribution in [-0.4, -0.2) is 46.5 Å². The number of fused-ring (bicyclic) bond motifs is 2. The molecule has 9 heteroatoms. The summed E-state index contributed by atoms with van der Waals surface area (Å²) in [6.45, 7) is 1.61. The van der Waals surface area contributed by atoms with Gasteiger partial charge in [-0.05, 0) is 37.1 Å². The predicted octanol–water partition coefficient (Wildman–Crippen LogP) is 4.24. The molecule has 3 aliphatic heterocycles. The first kappa shape index (κ1) is 21.9. The van der Waals surface area contributed by atoms with Crippen molar-refractivity contribution in [1.29, 1.82) is 0 Å². The molecule has 5 rings (SSSR count). The molecule has 3 heterocycles. The Morgan fingerprint density at radius 1 is 1.21 bits per heavy atom. The monoisotopic (exact) mass is 471 g/mol. The van der Waals surface area contributed by atoms with E-state index in [-0.39, 0.29) is 28.8 Å². The molecule has 1 unspecified atom stereocenters. The van der Waals surface area contributed by atoms with E-state index in [0.717, 1.165) is 36.7 Å². The third kappa shape index (κ3) is 3.99. The minimum absolute atomic E-state index is 0.0290.